The molecule has 0 saturated heterocycles. The Balaban J connectivity index is 2.17. The van der Waals surface area contributed by atoms with E-state index in [1.807, 2.05) is 19.9 Å². The zero-order valence-corrected chi connectivity index (χ0v) is 19.6. The van der Waals surface area contributed by atoms with Crippen LogP contribution in [-0.2, 0) is 11.2 Å². The number of amides is 1. The van der Waals surface area contributed by atoms with Crippen molar-refractivity contribution >= 4 is 5.91 Å². The average molecular weight is 402 g/mol. The van der Waals surface area contributed by atoms with Crippen LogP contribution in [0.3, 0.4) is 0 Å². The van der Waals surface area contributed by atoms with Gasteiger partial charge in [0.2, 0.25) is 5.91 Å². The van der Waals surface area contributed by atoms with Gasteiger partial charge in [-0.15, -0.1) is 0 Å². The summed E-state index contributed by atoms with van der Waals surface area (Å²) < 4.78 is 0. The van der Waals surface area contributed by atoms with Crippen molar-refractivity contribution < 1.29 is 4.79 Å². The van der Waals surface area contributed by atoms with Gasteiger partial charge in [0.25, 0.3) is 0 Å². The van der Waals surface area contributed by atoms with Crippen molar-refractivity contribution in [2.75, 3.05) is 0 Å². The van der Waals surface area contributed by atoms with E-state index in [0.29, 0.717) is 5.92 Å². The Labute approximate surface area is 181 Å². The first kappa shape index (κ1) is 25.7. The summed E-state index contributed by atoms with van der Waals surface area (Å²) >= 11 is 0. The molecule has 1 atom stereocenters. The van der Waals surface area contributed by atoms with Gasteiger partial charge < -0.3 is 5.73 Å². The molecule has 166 valence electrons. The summed E-state index contributed by atoms with van der Waals surface area (Å²) in [5.74, 6) is 0.142. The number of hydrogen-bond donors (Lipinski definition) is 1. The molecule has 0 aliphatic rings. The van der Waals surface area contributed by atoms with Crippen molar-refractivity contribution in [3.05, 3.63) is 35.9 Å². The molecule has 2 N–H and O–H groups in total. The van der Waals surface area contributed by atoms with Crippen LogP contribution in [0.25, 0.3) is 0 Å². The standard InChI is InChI=1S/C27H47NO/c1-4-5-6-7-8-9-10-11-12-13-14-15-19-22-25(27(2,3)26(28)29)23-24-20-17-16-18-21-24/h16-18,20-21,25H,4-15,19,22-23H2,1-3H3,(H2,28,29). The minimum Gasteiger partial charge on any atom is -0.369 e. The Morgan fingerprint density at radius 2 is 1.24 bits per heavy atom. The normalized spacial score (nSPS) is 12.8. The number of carbonyl (C=O) groups is 1. The maximum Gasteiger partial charge on any atom is 0.223 e. The number of primary amides is 1. The van der Waals surface area contributed by atoms with Crippen molar-refractivity contribution in [3.8, 4) is 0 Å². The van der Waals surface area contributed by atoms with E-state index >= 15 is 0 Å². The van der Waals surface area contributed by atoms with Crippen LogP contribution >= 0.6 is 0 Å². The highest BCUT2D eigenvalue weighted by atomic mass is 16.1. The highest BCUT2D eigenvalue weighted by Crippen LogP contribution is 2.34. The molecule has 1 aromatic rings. The average Bonchev–Trinajstić information content (AvgIpc) is 2.71. The number of rotatable bonds is 18. The van der Waals surface area contributed by atoms with Crippen molar-refractivity contribution in [3.63, 3.8) is 0 Å². The van der Waals surface area contributed by atoms with Crippen LogP contribution < -0.4 is 5.73 Å². The molecular formula is C27H47NO. The predicted molar refractivity (Wildman–Crippen MR) is 127 cm³/mol. The third-order valence-corrected chi connectivity index (χ3v) is 6.64. The number of nitrogens with two attached hydrogens (primary N) is 1. The summed E-state index contributed by atoms with van der Waals surface area (Å²) in [5, 5.41) is 0. The van der Waals surface area contributed by atoms with Gasteiger partial charge in [0.15, 0.2) is 0 Å². The van der Waals surface area contributed by atoms with E-state index in [-0.39, 0.29) is 5.91 Å². The molecule has 2 heteroatoms. The van der Waals surface area contributed by atoms with Crippen LogP contribution in [-0.4, -0.2) is 5.91 Å². The molecule has 0 aliphatic carbocycles. The van der Waals surface area contributed by atoms with E-state index in [1.165, 1.54) is 89.0 Å². The lowest BCUT2D eigenvalue weighted by molar-refractivity contribution is -0.128. The predicted octanol–water partition coefficient (Wildman–Crippen LogP) is 7.84. The van der Waals surface area contributed by atoms with E-state index in [2.05, 4.69) is 31.2 Å². The topological polar surface area (TPSA) is 43.1 Å². The molecule has 0 saturated carbocycles. The molecule has 0 aromatic heterocycles. The molecule has 1 unspecified atom stereocenters. The molecule has 1 amide bonds. The third-order valence-electron chi connectivity index (χ3n) is 6.64. The van der Waals surface area contributed by atoms with Crippen LogP contribution in [0, 0.1) is 11.3 Å². The smallest absolute Gasteiger partial charge is 0.223 e. The molecular weight excluding hydrogens is 354 g/mol. The Bertz CT molecular complexity index is 523. The van der Waals surface area contributed by atoms with Crippen molar-refractivity contribution in [1.82, 2.24) is 0 Å². The van der Waals surface area contributed by atoms with Crippen molar-refractivity contribution in [2.45, 2.75) is 117 Å². The van der Waals surface area contributed by atoms with E-state index in [4.69, 9.17) is 5.73 Å². The monoisotopic (exact) mass is 401 g/mol. The summed E-state index contributed by atoms with van der Waals surface area (Å²) in [5.41, 5.74) is 6.59. The summed E-state index contributed by atoms with van der Waals surface area (Å²) in [7, 11) is 0. The van der Waals surface area contributed by atoms with Gasteiger partial charge in [-0.05, 0) is 24.3 Å². The highest BCUT2D eigenvalue weighted by Gasteiger charge is 2.34. The molecule has 29 heavy (non-hydrogen) atoms. The first-order chi connectivity index (χ1) is 14.0. The molecule has 0 aliphatic heterocycles. The molecule has 0 spiro atoms. The summed E-state index contributed by atoms with van der Waals surface area (Å²) in [6, 6.07) is 10.5. The molecule has 2 nitrogen and oxygen atoms in total. The number of hydrogen-bond acceptors (Lipinski definition) is 1. The Morgan fingerprint density at radius 1 is 0.793 bits per heavy atom. The van der Waals surface area contributed by atoms with Crippen LogP contribution in [0.4, 0.5) is 0 Å². The number of unbranched alkanes of at least 4 members (excludes halogenated alkanes) is 12. The Kier molecular flexibility index (Phi) is 13.8. The summed E-state index contributed by atoms with van der Waals surface area (Å²) in [6.07, 6.45) is 19.8. The molecule has 1 aromatic carbocycles. The van der Waals surface area contributed by atoms with E-state index in [1.54, 1.807) is 0 Å². The first-order valence-corrected chi connectivity index (χ1v) is 12.3. The molecule has 0 fully saturated rings. The van der Waals surface area contributed by atoms with Crippen LogP contribution in [0.15, 0.2) is 30.3 Å². The van der Waals surface area contributed by atoms with Crippen molar-refractivity contribution in [2.24, 2.45) is 17.1 Å². The fourth-order valence-electron chi connectivity index (χ4n) is 4.23. The quantitative estimate of drug-likeness (QED) is 0.250. The van der Waals surface area contributed by atoms with Crippen LogP contribution in [0.5, 0.6) is 0 Å². The van der Waals surface area contributed by atoms with Gasteiger partial charge in [0, 0.05) is 5.41 Å². The first-order valence-electron chi connectivity index (χ1n) is 12.3. The Hall–Kier alpha value is -1.31. The zero-order chi connectivity index (χ0) is 21.4. The lowest BCUT2D eigenvalue weighted by atomic mass is 9.72. The maximum absolute atomic E-state index is 12.0. The third kappa shape index (κ3) is 11.5. The van der Waals surface area contributed by atoms with Gasteiger partial charge in [-0.1, -0.05) is 135 Å². The molecule has 1 rings (SSSR count). The zero-order valence-electron chi connectivity index (χ0n) is 19.6. The second kappa shape index (κ2) is 15.5. The van der Waals surface area contributed by atoms with Crippen LogP contribution in [0.1, 0.15) is 116 Å². The maximum atomic E-state index is 12.0. The second-order valence-electron chi connectivity index (χ2n) is 9.50. The molecule has 0 bridgehead atoms. The van der Waals surface area contributed by atoms with Gasteiger partial charge in [-0.2, -0.15) is 0 Å². The van der Waals surface area contributed by atoms with E-state index in [0.717, 1.165) is 12.8 Å². The Morgan fingerprint density at radius 3 is 1.69 bits per heavy atom. The van der Waals surface area contributed by atoms with Gasteiger partial charge >= 0.3 is 0 Å². The summed E-state index contributed by atoms with van der Waals surface area (Å²) in [4.78, 5) is 12.0. The minimum absolute atomic E-state index is 0.173. The fourth-order valence-corrected chi connectivity index (χ4v) is 4.23. The summed E-state index contributed by atoms with van der Waals surface area (Å²) in [6.45, 7) is 6.32. The lowest BCUT2D eigenvalue weighted by Crippen LogP contribution is -2.39. The SMILES string of the molecule is CCCCCCCCCCCCCCCC(Cc1ccccc1)C(C)(C)C(N)=O. The number of benzene rings is 1. The largest absolute Gasteiger partial charge is 0.369 e. The van der Waals surface area contributed by atoms with Crippen molar-refractivity contribution in [1.29, 1.82) is 0 Å². The molecule has 0 radical (unpaired) electrons. The lowest BCUT2D eigenvalue weighted by Gasteiger charge is -2.32. The fraction of sp³-hybridized carbons (Fsp3) is 0.741. The van der Waals surface area contributed by atoms with E-state index in [9.17, 15) is 4.79 Å². The van der Waals surface area contributed by atoms with Gasteiger partial charge in [-0.3, -0.25) is 4.79 Å². The second-order valence-corrected chi connectivity index (χ2v) is 9.50. The van der Waals surface area contributed by atoms with Gasteiger partial charge in [0.1, 0.15) is 0 Å². The van der Waals surface area contributed by atoms with Crippen LogP contribution in [0.2, 0.25) is 0 Å². The molecule has 0 heterocycles. The minimum atomic E-state index is -0.451. The highest BCUT2D eigenvalue weighted by molar-refractivity contribution is 5.80. The van der Waals surface area contributed by atoms with Gasteiger partial charge in [-0.25, -0.2) is 0 Å². The number of carbonyl (C=O) groups excluding carboxylic acids is 1. The van der Waals surface area contributed by atoms with E-state index < -0.39 is 5.41 Å². The van der Waals surface area contributed by atoms with Gasteiger partial charge in [0.05, 0.1) is 0 Å².